The molecule has 0 aliphatic rings. The molecule has 1 heterocycles. The summed E-state index contributed by atoms with van der Waals surface area (Å²) in [5.41, 5.74) is 1.22. The molecular weight excluding hydrogens is 210 g/mol. The number of hydrogen-bond acceptors (Lipinski definition) is 4. The van der Waals surface area contributed by atoms with Gasteiger partial charge in [-0.25, -0.2) is 4.98 Å². The largest absolute Gasteiger partial charge is 0.491 e. The van der Waals surface area contributed by atoms with E-state index in [2.05, 4.69) is 11.2 Å². The summed E-state index contributed by atoms with van der Waals surface area (Å²) in [4.78, 5) is 14.8. The first-order valence-electron chi connectivity index (χ1n) is 4.82. The van der Waals surface area contributed by atoms with Crippen LogP contribution in [0, 0.1) is 6.92 Å². The van der Waals surface area contributed by atoms with Crippen molar-refractivity contribution in [1.82, 2.24) is 4.98 Å². The van der Waals surface area contributed by atoms with Crippen molar-refractivity contribution in [3.05, 3.63) is 23.5 Å². The minimum absolute atomic E-state index is 0.388. The van der Waals surface area contributed by atoms with E-state index < -0.39 is 0 Å². The van der Waals surface area contributed by atoms with Crippen LogP contribution in [-0.2, 0) is 0 Å². The van der Waals surface area contributed by atoms with E-state index in [1.807, 2.05) is 13.0 Å². The van der Waals surface area contributed by atoms with Crippen LogP contribution in [0.5, 0.6) is 5.75 Å². The van der Waals surface area contributed by atoms with Crippen molar-refractivity contribution in [2.75, 3.05) is 18.6 Å². The van der Waals surface area contributed by atoms with Crippen LogP contribution in [-0.4, -0.2) is 29.9 Å². The lowest BCUT2D eigenvalue weighted by molar-refractivity contribution is 0.111. The Labute approximate surface area is 94.2 Å². The van der Waals surface area contributed by atoms with Gasteiger partial charge in [0, 0.05) is 5.69 Å². The zero-order valence-corrected chi connectivity index (χ0v) is 9.84. The maximum Gasteiger partial charge on any atom is 0.172 e. The molecular formula is C11H15NO2S. The van der Waals surface area contributed by atoms with Crippen LogP contribution < -0.4 is 4.74 Å². The number of carbonyl (C=O) groups is 1. The first kappa shape index (κ1) is 12.0. The Morgan fingerprint density at radius 1 is 1.53 bits per heavy atom. The molecule has 0 bridgehead atoms. The predicted molar refractivity (Wildman–Crippen MR) is 62.9 cm³/mol. The number of carbonyl (C=O) groups excluding carboxylic acids is 1. The molecule has 15 heavy (non-hydrogen) atoms. The number of aryl methyl sites for hydroxylation is 1. The molecule has 1 rings (SSSR count). The number of hydrogen-bond donors (Lipinski definition) is 0. The fourth-order valence-corrected chi connectivity index (χ4v) is 1.56. The third-order valence-electron chi connectivity index (χ3n) is 1.89. The topological polar surface area (TPSA) is 39.2 Å². The molecule has 0 unspecified atom stereocenters. The summed E-state index contributed by atoms with van der Waals surface area (Å²) in [7, 11) is 0. The summed E-state index contributed by atoms with van der Waals surface area (Å²) in [6, 6.07) is 3.64. The van der Waals surface area contributed by atoms with E-state index in [1.54, 1.807) is 17.8 Å². The molecule has 0 amide bonds. The van der Waals surface area contributed by atoms with Gasteiger partial charge in [-0.05, 0) is 37.5 Å². The van der Waals surface area contributed by atoms with Crippen LogP contribution in [0.4, 0.5) is 0 Å². The highest BCUT2D eigenvalue weighted by atomic mass is 32.2. The quantitative estimate of drug-likeness (QED) is 0.550. The fourth-order valence-electron chi connectivity index (χ4n) is 1.16. The molecule has 0 aliphatic carbocycles. The molecule has 1 aromatic heterocycles. The van der Waals surface area contributed by atoms with Gasteiger partial charge in [0.25, 0.3) is 0 Å². The zero-order chi connectivity index (χ0) is 11.1. The highest BCUT2D eigenvalue weighted by Crippen LogP contribution is 2.15. The van der Waals surface area contributed by atoms with E-state index in [0.29, 0.717) is 18.1 Å². The van der Waals surface area contributed by atoms with Gasteiger partial charge in [0.15, 0.2) is 6.29 Å². The third kappa shape index (κ3) is 3.91. The van der Waals surface area contributed by atoms with E-state index in [0.717, 1.165) is 24.2 Å². The van der Waals surface area contributed by atoms with Gasteiger partial charge in [-0.3, -0.25) is 4.79 Å². The lowest BCUT2D eigenvalue weighted by Gasteiger charge is -2.07. The summed E-state index contributed by atoms with van der Waals surface area (Å²) in [6.45, 7) is 2.48. The highest BCUT2D eigenvalue weighted by molar-refractivity contribution is 7.98. The second-order valence-electron chi connectivity index (χ2n) is 3.15. The monoisotopic (exact) mass is 225 g/mol. The lowest BCUT2D eigenvalue weighted by Crippen LogP contribution is -2.03. The number of nitrogens with zero attached hydrogens (tertiary/aromatic N) is 1. The van der Waals surface area contributed by atoms with Crippen molar-refractivity contribution in [1.29, 1.82) is 0 Å². The van der Waals surface area contributed by atoms with Gasteiger partial charge in [0.1, 0.15) is 11.4 Å². The molecule has 3 nitrogen and oxygen atoms in total. The van der Waals surface area contributed by atoms with Crippen LogP contribution in [0.3, 0.4) is 0 Å². The average Bonchev–Trinajstić information content (AvgIpc) is 2.26. The van der Waals surface area contributed by atoms with E-state index in [4.69, 9.17) is 4.74 Å². The summed E-state index contributed by atoms with van der Waals surface area (Å²) < 4.78 is 5.48. The van der Waals surface area contributed by atoms with E-state index in [9.17, 15) is 4.79 Å². The van der Waals surface area contributed by atoms with Gasteiger partial charge in [0.2, 0.25) is 0 Å². The molecule has 0 saturated heterocycles. The molecule has 4 heteroatoms. The molecule has 0 atom stereocenters. The van der Waals surface area contributed by atoms with Crippen molar-refractivity contribution in [2.24, 2.45) is 0 Å². The maximum absolute atomic E-state index is 10.7. The minimum Gasteiger partial charge on any atom is -0.491 e. The Kier molecular flexibility index (Phi) is 5.18. The number of rotatable bonds is 6. The van der Waals surface area contributed by atoms with Crippen molar-refractivity contribution < 1.29 is 9.53 Å². The van der Waals surface area contributed by atoms with Gasteiger partial charge in [-0.15, -0.1) is 0 Å². The Balaban J connectivity index is 2.56. The van der Waals surface area contributed by atoms with Crippen molar-refractivity contribution in [3.63, 3.8) is 0 Å². The van der Waals surface area contributed by atoms with Crippen LogP contribution in [0.15, 0.2) is 12.1 Å². The number of aromatic nitrogens is 1. The first-order chi connectivity index (χ1) is 7.27. The second-order valence-corrected chi connectivity index (χ2v) is 4.13. The minimum atomic E-state index is 0.388. The van der Waals surface area contributed by atoms with Gasteiger partial charge in [-0.1, -0.05) is 0 Å². The van der Waals surface area contributed by atoms with Crippen molar-refractivity contribution in [3.8, 4) is 5.75 Å². The molecule has 82 valence electrons. The van der Waals surface area contributed by atoms with E-state index in [-0.39, 0.29) is 0 Å². The summed E-state index contributed by atoms with van der Waals surface area (Å²) in [6.07, 6.45) is 3.77. The normalized spacial score (nSPS) is 10.0. The summed E-state index contributed by atoms with van der Waals surface area (Å²) in [5, 5.41) is 0. The molecule has 0 aliphatic heterocycles. The standard InChI is InChI=1S/C11H15NO2S/c1-9-4-5-11(10(8-13)12-9)14-6-3-7-15-2/h4-5,8H,3,6-7H2,1-2H3. The highest BCUT2D eigenvalue weighted by Gasteiger charge is 2.04. The Morgan fingerprint density at radius 3 is 3.00 bits per heavy atom. The van der Waals surface area contributed by atoms with Crippen molar-refractivity contribution >= 4 is 18.0 Å². The summed E-state index contributed by atoms with van der Waals surface area (Å²) in [5.74, 6) is 1.65. The van der Waals surface area contributed by atoms with Crippen LogP contribution in [0.1, 0.15) is 22.6 Å². The average molecular weight is 225 g/mol. The van der Waals surface area contributed by atoms with Crippen molar-refractivity contribution in [2.45, 2.75) is 13.3 Å². The molecule has 0 fully saturated rings. The smallest absolute Gasteiger partial charge is 0.172 e. The molecule has 0 N–H and O–H groups in total. The number of aldehydes is 1. The zero-order valence-electron chi connectivity index (χ0n) is 9.03. The SMILES string of the molecule is CSCCCOc1ccc(C)nc1C=O. The number of pyridine rings is 1. The molecule has 0 aromatic carbocycles. The van der Waals surface area contributed by atoms with Crippen LogP contribution >= 0.6 is 11.8 Å². The molecule has 0 radical (unpaired) electrons. The molecule has 0 saturated carbocycles. The third-order valence-corrected chi connectivity index (χ3v) is 2.58. The number of thioether (sulfide) groups is 1. The second kappa shape index (κ2) is 6.45. The van der Waals surface area contributed by atoms with Gasteiger partial charge >= 0.3 is 0 Å². The molecule has 1 aromatic rings. The predicted octanol–water partition coefficient (Wildman–Crippen LogP) is 2.33. The van der Waals surface area contributed by atoms with Crippen LogP contribution in [0.25, 0.3) is 0 Å². The van der Waals surface area contributed by atoms with Gasteiger partial charge < -0.3 is 4.74 Å². The fraction of sp³-hybridized carbons (Fsp3) is 0.455. The Bertz CT molecular complexity index is 328. The van der Waals surface area contributed by atoms with Gasteiger partial charge in [-0.2, -0.15) is 11.8 Å². The lowest BCUT2D eigenvalue weighted by atomic mass is 10.3. The summed E-state index contributed by atoms with van der Waals surface area (Å²) >= 11 is 1.78. The van der Waals surface area contributed by atoms with Crippen LogP contribution in [0.2, 0.25) is 0 Å². The Morgan fingerprint density at radius 2 is 2.33 bits per heavy atom. The first-order valence-corrected chi connectivity index (χ1v) is 6.22. The van der Waals surface area contributed by atoms with Gasteiger partial charge in [0.05, 0.1) is 6.61 Å². The molecule has 0 spiro atoms. The maximum atomic E-state index is 10.7. The van der Waals surface area contributed by atoms with E-state index in [1.165, 1.54) is 0 Å². The number of ether oxygens (including phenoxy) is 1. The Hall–Kier alpha value is -1.03. The van der Waals surface area contributed by atoms with E-state index >= 15 is 0 Å².